The molecule has 2 aromatic rings. The Balaban J connectivity index is 2.32. The van der Waals surface area contributed by atoms with Crippen LogP contribution in [-0.2, 0) is 0 Å². The Morgan fingerprint density at radius 1 is 0.850 bits per heavy atom. The van der Waals surface area contributed by atoms with Crippen molar-refractivity contribution in [3.8, 4) is 11.1 Å². The lowest BCUT2D eigenvalue weighted by Gasteiger charge is -2.04. The average Bonchev–Trinajstić information content (AvgIpc) is 2.53. The van der Waals surface area contributed by atoms with E-state index in [-0.39, 0.29) is 16.9 Å². The van der Waals surface area contributed by atoms with Crippen LogP contribution in [-0.4, -0.2) is 27.2 Å². The molecule has 0 aliphatic rings. The molecule has 0 atom stereocenters. The summed E-state index contributed by atoms with van der Waals surface area (Å²) in [5.74, 6) is 0.0309. The van der Waals surface area contributed by atoms with Crippen molar-refractivity contribution in [1.82, 2.24) is 4.98 Å². The third-order valence-electron chi connectivity index (χ3n) is 2.84. The third-order valence-corrected chi connectivity index (χ3v) is 3.86. The molecule has 1 aromatic carbocycles. The number of carbonyl (C=O) groups excluding carboxylic acids is 2. The zero-order chi connectivity index (χ0) is 14.5. The van der Waals surface area contributed by atoms with Gasteiger partial charge in [-0.3, -0.25) is 14.6 Å². The van der Waals surface area contributed by atoms with Crippen molar-refractivity contribution in [3.63, 3.8) is 0 Å². The van der Waals surface area contributed by atoms with Gasteiger partial charge in [0.2, 0.25) is 0 Å². The number of nitrogens with zero attached hydrogens (tertiary/aromatic N) is 1. The summed E-state index contributed by atoms with van der Waals surface area (Å²) in [5.41, 5.74) is 3.01. The summed E-state index contributed by atoms with van der Waals surface area (Å²) in [6.07, 6.45) is 3.25. The van der Waals surface area contributed by atoms with Gasteiger partial charge in [0.05, 0.1) is 10.7 Å². The summed E-state index contributed by atoms with van der Waals surface area (Å²) < 4.78 is 0. The fourth-order valence-electron chi connectivity index (χ4n) is 1.75. The van der Waals surface area contributed by atoms with E-state index in [4.69, 9.17) is 0 Å². The summed E-state index contributed by atoms with van der Waals surface area (Å²) >= 11 is 6.29. The van der Waals surface area contributed by atoms with Crippen LogP contribution in [0.2, 0.25) is 0 Å². The van der Waals surface area contributed by atoms with Crippen LogP contribution in [0.25, 0.3) is 11.1 Å². The predicted molar refractivity (Wildman–Crippen MR) is 85.9 cm³/mol. The van der Waals surface area contributed by atoms with Crippen LogP contribution in [0.4, 0.5) is 0 Å². The molecular formula is C15H11Br2NO2. The quantitative estimate of drug-likeness (QED) is 0.568. The first-order chi connectivity index (χ1) is 9.65. The lowest BCUT2D eigenvalue weighted by atomic mass is 10.0. The molecule has 0 radical (unpaired) electrons. The molecule has 0 saturated heterocycles. The van der Waals surface area contributed by atoms with Gasteiger partial charge in [-0.1, -0.05) is 56.1 Å². The van der Waals surface area contributed by atoms with Crippen LogP contribution < -0.4 is 0 Å². The molecule has 5 heteroatoms. The van der Waals surface area contributed by atoms with E-state index in [9.17, 15) is 9.59 Å². The molecule has 0 saturated carbocycles. The summed E-state index contributed by atoms with van der Waals surface area (Å²) in [4.78, 5) is 27.3. The van der Waals surface area contributed by atoms with Crippen LogP contribution >= 0.6 is 31.9 Å². The zero-order valence-corrected chi connectivity index (χ0v) is 13.6. The van der Waals surface area contributed by atoms with Gasteiger partial charge in [0.1, 0.15) is 0 Å². The van der Waals surface area contributed by atoms with Crippen molar-refractivity contribution in [2.24, 2.45) is 0 Å². The largest absolute Gasteiger partial charge is 0.293 e. The number of Topliss-reactive ketones (excluding diaryl/α,β-unsaturated/α-hetero) is 2. The maximum atomic E-state index is 11.6. The first-order valence-electron chi connectivity index (χ1n) is 5.89. The highest BCUT2D eigenvalue weighted by Crippen LogP contribution is 2.20. The second kappa shape index (κ2) is 6.90. The molecule has 3 nitrogen and oxygen atoms in total. The van der Waals surface area contributed by atoms with E-state index < -0.39 is 0 Å². The Kier molecular flexibility index (Phi) is 5.20. The Morgan fingerprint density at radius 3 is 2.05 bits per heavy atom. The van der Waals surface area contributed by atoms with Crippen LogP contribution in [0.3, 0.4) is 0 Å². The average molecular weight is 397 g/mol. The lowest BCUT2D eigenvalue weighted by molar-refractivity contribution is 0.101. The fourth-order valence-corrected chi connectivity index (χ4v) is 2.40. The second-order valence-corrected chi connectivity index (χ2v) is 5.27. The Bertz CT molecular complexity index is 639. The number of aromatic nitrogens is 1. The number of rotatable bonds is 5. The normalized spacial score (nSPS) is 10.3. The molecule has 0 bridgehead atoms. The Labute approximate surface area is 133 Å². The molecule has 102 valence electrons. The van der Waals surface area contributed by atoms with Gasteiger partial charge < -0.3 is 0 Å². The molecule has 0 unspecified atom stereocenters. The number of carbonyl (C=O) groups is 2. The summed E-state index contributed by atoms with van der Waals surface area (Å²) in [6.45, 7) is 0. The maximum absolute atomic E-state index is 11.6. The highest BCUT2D eigenvalue weighted by Gasteiger charge is 2.08. The van der Waals surface area contributed by atoms with Gasteiger partial charge in [0.25, 0.3) is 0 Å². The third kappa shape index (κ3) is 3.41. The minimum atomic E-state index is -0.00885. The van der Waals surface area contributed by atoms with E-state index in [1.54, 1.807) is 30.6 Å². The second-order valence-electron chi connectivity index (χ2n) is 4.15. The van der Waals surface area contributed by atoms with Crippen molar-refractivity contribution in [2.45, 2.75) is 0 Å². The first-order valence-corrected chi connectivity index (χ1v) is 8.14. The number of ketones is 2. The van der Waals surface area contributed by atoms with Crippen molar-refractivity contribution >= 4 is 43.4 Å². The summed E-state index contributed by atoms with van der Waals surface area (Å²) in [5, 5.41) is 0.583. The molecule has 1 aromatic heterocycles. The van der Waals surface area contributed by atoms with E-state index in [1.807, 2.05) is 12.1 Å². The molecule has 0 N–H and O–H groups in total. The van der Waals surface area contributed by atoms with Gasteiger partial charge in [-0.2, -0.15) is 0 Å². The Morgan fingerprint density at radius 2 is 1.45 bits per heavy atom. The van der Waals surface area contributed by atoms with Gasteiger partial charge in [-0.15, -0.1) is 0 Å². The van der Waals surface area contributed by atoms with Gasteiger partial charge >= 0.3 is 0 Å². The highest BCUT2D eigenvalue weighted by atomic mass is 79.9. The maximum Gasteiger partial charge on any atom is 0.174 e. The molecule has 20 heavy (non-hydrogen) atoms. The van der Waals surface area contributed by atoms with Crippen LogP contribution in [0.1, 0.15) is 20.7 Å². The topological polar surface area (TPSA) is 47.0 Å². The number of hydrogen-bond donors (Lipinski definition) is 0. The van der Waals surface area contributed by atoms with Crippen molar-refractivity contribution in [3.05, 3.63) is 53.9 Å². The number of halogens is 2. The number of alkyl halides is 2. The molecule has 0 spiro atoms. The highest BCUT2D eigenvalue weighted by molar-refractivity contribution is 9.09. The van der Waals surface area contributed by atoms with Gasteiger partial charge in [-0.25, -0.2) is 0 Å². The molecule has 0 amide bonds. The van der Waals surface area contributed by atoms with Crippen molar-refractivity contribution in [1.29, 1.82) is 0 Å². The van der Waals surface area contributed by atoms with Gasteiger partial charge in [0, 0.05) is 29.1 Å². The van der Waals surface area contributed by atoms with Crippen LogP contribution in [0.15, 0.2) is 42.7 Å². The molecule has 2 rings (SSSR count). The van der Waals surface area contributed by atoms with Crippen molar-refractivity contribution < 1.29 is 9.59 Å². The first kappa shape index (κ1) is 15.1. The smallest absolute Gasteiger partial charge is 0.174 e. The minimum Gasteiger partial charge on any atom is -0.293 e. The van der Waals surface area contributed by atoms with Crippen molar-refractivity contribution in [2.75, 3.05) is 10.7 Å². The predicted octanol–water partition coefficient (Wildman–Crippen LogP) is 3.90. The number of hydrogen-bond acceptors (Lipinski definition) is 3. The lowest BCUT2D eigenvalue weighted by Crippen LogP contribution is -2.01. The molecule has 0 aliphatic carbocycles. The van der Waals surface area contributed by atoms with E-state index in [0.29, 0.717) is 16.5 Å². The van der Waals surface area contributed by atoms with E-state index in [1.165, 1.54) is 0 Å². The van der Waals surface area contributed by atoms with Crippen LogP contribution in [0, 0.1) is 0 Å². The SMILES string of the molecule is O=C(CBr)c1ccc(-c2cncc(C(=O)CBr)c2)cc1. The standard InChI is InChI=1S/C15H11Br2NO2/c16-6-14(19)11-3-1-10(2-4-11)12-5-13(9-18-8-12)15(20)7-17/h1-5,8-9H,6-7H2. The van der Waals surface area contributed by atoms with E-state index in [2.05, 4.69) is 36.8 Å². The van der Waals surface area contributed by atoms with E-state index in [0.717, 1.165) is 11.1 Å². The van der Waals surface area contributed by atoms with E-state index >= 15 is 0 Å². The molecular weight excluding hydrogens is 386 g/mol. The minimum absolute atomic E-state index is 0.00885. The molecule has 0 fully saturated rings. The monoisotopic (exact) mass is 395 g/mol. The fraction of sp³-hybridized carbons (Fsp3) is 0.133. The van der Waals surface area contributed by atoms with Gasteiger partial charge in [-0.05, 0) is 11.6 Å². The number of benzene rings is 1. The molecule has 0 aliphatic heterocycles. The number of pyridine rings is 1. The summed E-state index contributed by atoms with van der Waals surface area (Å²) in [6, 6.07) is 9.07. The zero-order valence-electron chi connectivity index (χ0n) is 10.5. The summed E-state index contributed by atoms with van der Waals surface area (Å²) in [7, 11) is 0. The van der Waals surface area contributed by atoms with Gasteiger partial charge in [0.15, 0.2) is 11.6 Å². The molecule has 1 heterocycles. The Hall–Kier alpha value is -1.33. The van der Waals surface area contributed by atoms with Crippen LogP contribution in [0.5, 0.6) is 0 Å².